The molecule has 0 bridgehead atoms. The normalized spacial score (nSPS) is 12.3. The van der Waals surface area contributed by atoms with Crippen LogP contribution in [0.5, 0.6) is 0 Å². The second-order valence-corrected chi connectivity index (χ2v) is 19.3. The van der Waals surface area contributed by atoms with Crippen molar-refractivity contribution in [3.8, 4) is 0 Å². The number of benzene rings is 10. The molecule has 0 aliphatic rings. The minimum absolute atomic E-state index is 0.249. The predicted octanol–water partition coefficient (Wildman–Crippen LogP) is 19.3. The number of rotatable bonds is 10. The first-order valence-corrected chi connectivity index (χ1v) is 24.1. The number of aryl methyl sites for hydroxylation is 1. The second kappa shape index (κ2) is 15.8. The molecule has 0 saturated heterocycles. The van der Waals surface area contributed by atoms with Gasteiger partial charge in [-0.2, -0.15) is 0 Å². The standard InChI is InChI=1S/C63H54N2O2/c1-8-40-23-27-42(28-24-40)64(54-19-13-17-48-44-15-9-11-21-58(44)66-62(48)54)56-35-52(38(4)5)46-32-34-51-57(36-53(39(6)7)47-31-33-50(56)60(46)61(47)51)65(43-29-25-41(26-30-43)37(2)3)55-20-14-18-49-45-16-10-12-22-59(45)67-63(49)55/h9-39H,8H2,1-7H3. The monoisotopic (exact) mass is 870 g/mol. The van der Waals surface area contributed by atoms with E-state index in [0.29, 0.717) is 5.92 Å². The van der Waals surface area contributed by atoms with Crippen LogP contribution in [-0.4, -0.2) is 0 Å². The summed E-state index contributed by atoms with van der Waals surface area (Å²) < 4.78 is 13.7. The summed E-state index contributed by atoms with van der Waals surface area (Å²) in [5.41, 5.74) is 15.2. The number of hydrogen-bond acceptors (Lipinski definition) is 4. The maximum atomic E-state index is 6.85. The molecule has 328 valence electrons. The Morgan fingerprint density at radius 1 is 0.373 bits per heavy atom. The molecule has 67 heavy (non-hydrogen) atoms. The first-order valence-electron chi connectivity index (χ1n) is 24.1. The summed E-state index contributed by atoms with van der Waals surface area (Å²) in [6.45, 7) is 16.1. The van der Waals surface area contributed by atoms with Crippen molar-refractivity contribution in [1.29, 1.82) is 0 Å². The van der Waals surface area contributed by atoms with E-state index in [0.717, 1.165) is 84.4 Å². The lowest BCUT2D eigenvalue weighted by Crippen LogP contribution is -2.13. The fourth-order valence-electron chi connectivity index (χ4n) is 10.9. The zero-order valence-corrected chi connectivity index (χ0v) is 39.3. The molecule has 0 amide bonds. The molecular formula is C63H54N2O2. The van der Waals surface area contributed by atoms with Crippen LogP contribution in [0, 0.1) is 0 Å². The minimum atomic E-state index is 0.249. The smallest absolute Gasteiger partial charge is 0.159 e. The van der Waals surface area contributed by atoms with E-state index in [4.69, 9.17) is 8.83 Å². The average Bonchev–Trinajstić information content (AvgIpc) is 3.94. The summed E-state index contributed by atoms with van der Waals surface area (Å²) in [5.74, 6) is 0.912. The lowest BCUT2D eigenvalue weighted by Gasteiger charge is -2.31. The number of anilines is 6. The molecule has 0 atom stereocenters. The zero-order chi connectivity index (χ0) is 45.7. The molecule has 0 spiro atoms. The molecule has 4 heteroatoms. The van der Waals surface area contributed by atoms with E-state index in [2.05, 4.69) is 228 Å². The Balaban J connectivity index is 1.20. The average molecular weight is 871 g/mol. The van der Waals surface area contributed by atoms with Gasteiger partial charge in [0.2, 0.25) is 0 Å². The summed E-state index contributed by atoms with van der Waals surface area (Å²) >= 11 is 0. The molecule has 10 aromatic carbocycles. The van der Waals surface area contributed by atoms with Gasteiger partial charge in [-0.3, -0.25) is 0 Å². The Kier molecular flexibility index (Phi) is 9.65. The van der Waals surface area contributed by atoms with Crippen molar-refractivity contribution in [2.45, 2.75) is 72.6 Å². The molecule has 12 rings (SSSR count). The Hall–Kier alpha value is -7.56. The molecule has 0 aliphatic heterocycles. The first kappa shape index (κ1) is 40.9. The molecule has 0 radical (unpaired) electrons. The highest BCUT2D eigenvalue weighted by Crippen LogP contribution is 2.53. The molecule has 2 aromatic heterocycles. The number of furan rings is 2. The molecule has 2 heterocycles. The molecule has 0 aliphatic carbocycles. The van der Waals surface area contributed by atoms with Crippen LogP contribution >= 0.6 is 0 Å². The Labute approximate surface area is 392 Å². The SMILES string of the molecule is CCc1ccc(N(c2cc(C(C)C)c3ccc4c(N(c5ccc(C(C)C)cc5)c5cccc6c5oc5ccccc56)cc(C(C)C)c5ccc2c3c54)c2cccc3c2oc2ccccc23)cc1. The van der Waals surface area contributed by atoms with Gasteiger partial charge in [-0.05, 0) is 129 Å². The quantitative estimate of drug-likeness (QED) is 0.128. The summed E-state index contributed by atoms with van der Waals surface area (Å²) in [6, 6.07) is 62.7. The van der Waals surface area contributed by atoms with E-state index >= 15 is 0 Å². The van der Waals surface area contributed by atoms with Crippen molar-refractivity contribution in [2.75, 3.05) is 9.80 Å². The van der Waals surface area contributed by atoms with E-state index < -0.39 is 0 Å². The number of para-hydroxylation sites is 4. The molecule has 4 nitrogen and oxygen atoms in total. The maximum absolute atomic E-state index is 6.85. The Morgan fingerprint density at radius 2 is 0.791 bits per heavy atom. The first-order chi connectivity index (χ1) is 32.7. The molecule has 0 fully saturated rings. The Bertz CT molecular complexity index is 3830. The van der Waals surface area contributed by atoms with Gasteiger partial charge in [-0.15, -0.1) is 0 Å². The van der Waals surface area contributed by atoms with Gasteiger partial charge in [0.1, 0.15) is 11.2 Å². The van der Waals surface area contributed by atoms with Crippen LogP contribution in [-0.2, 0) is 6.42 Å². The van der Waals surface area contributed by atoms with E-state index in [1.165, 1.54) is 54.6 Å². The van der Waals surface area contributed by atoms with Crippen molar-refractivity contribution in [2.24, 2.45) is 0 Å². The van der Waals surface area contributed by atoms with E-state index in [-0.39, 0.29) is 11.8 Å². The number of fused-ring (bicyclic) bond motifs is 6. The lowest BCUT2D eigenvalue weighted by atomic mass is 9.84. The summed E-state index contributed by atoms with van der Waals surface area (Å²) in [7, 11) is 0. The van der Waals surface area contributed by atoms with Crippen molar-refractivity contribution in [3.05, 3.63) is 192 Å². The predicted molar refractivity (Wildman–Crippen MR) is 286 cm³/mol. The Morgan fingerprint density at radius 3 is 1.22 bits per heavy atom. The van der Waals surface area contributed by atoms with Crippen LogP contribution in [0.4, 0.5) is 34.1 Å². The highest BCUT2D eigenvalue weighted by Gasteiger charge is 2.28. The van der Waals surface area contributed by atoms with Crippen LogP contribution in [0.15, 0.2) is 179 Å². The summed E-state index contributed by atoms with van der Waals surface area (Å²) in [6.07, 6.45) is 0.972. The van der Waals surface area contributed by atoms with Crippen LogP contribution in [0.3, 0.4) is 0 Å². The van der Waals surface area contributed by atoms with Gasteiger partial charge in [0.05, 0.1) is 22.7 Å². The van der Waals surface area contributed by atoms with Crippen molar-refractivity contribution in [1.82, 2.24) is 0 Å². The van der Waals surface area contributed by atoms with Gasteiger partial charge in [0.15, 0.2) is 11.2 Å². The van der Waals surface area contributed by atoms with Crippen LogP contribution < -0.4 is 9.80 Å². The van der Waals surface area contributed by atoms with Crippen LogP contribution in [0.25, 0.3) is 76.2 Å². The van der Waals surface area contributed by atoms with Gasteiger partial charge in [-0.25, -0.2) is 0 Å². The third-order valence-electron chi connectivity index (χ3n) is 14.3. The summed E-state index contributed by atoms with van der Waals surface area (Å²) in [5, 5.41) is 12.0. The fraction of sp³-hybridized carbons (Fsp3) is 0.175. The third-order valence-corrected chi connectivity index (χ3v) is 14.3. The summed E-state index contributed by atoms with van der Waals surface area (Å²) in [4.78, 5) is 4.91. The number of nitrogens with zero attached hydrogens (tertiary/aromatic N) is 2. The zero-order valence-electron chi connectivity index (χ0n) is 39.3. The molecule has 0 unspecified atom stereocenters. The van der Waals surface area contributed by atoms with Gasteiger partial charge < -0.3 is 18.6 Å². The van der Waals surface area contributed by atoms with E-state index in [1.54, 1.807) is 0 Å². The van der Waals surface area contributed by atoms with Crippen molar-refractivity contribution in [3.63, 3.8) is 0 Å². The lowest BCUT2D eigenvalue weighted by molar-refractivity contribution is 0.668. The third kappa shape index (κ3) is 6.41. The van der Waals surface area contributed by atoms with Crippen LogP contribution in [0.1, 0.15) is 88.5 Å². The number of hydrogen-bond donors (Lipinski definition) is 0. The second-order valence-electron chi connectivity index (χ2n) is 19.3. The largest absolute Gasteiger partial charge is 0.454 e. The van der Waals surface area contributed by atoms with Crippen molar-refractivity contribution < 1.29 is 8.83 Å². The van der Waals surface area contributed by atoms with Crippen molar-refractivity contribution >= 4 is 110 Å². The van der Waals surface area contributed by atoms with E-state index in [1.807, 2.05) is 0 Å². The molecule has 12 aromatic rings. The van der Waals surface area contributed by atoms with Gasteiger partial charge >= 0.3 is 0 Å². The highest BCUT2D eigenvalue weighted by molar-refractivity contribution is 6.30. The molecular weight excluding hydrogens is 817 g/mol. The molecule has 0 saturated carbocycles. The highest BCUT2D eigenvalue weighted by atomic mass is 16.3. The topological polar surface area (TPSA) is 32.8 Å². The van der Waals surface area contributed by atoms with Gasteiger partial charge in [-0.1, -0.05) is 158 Å². The van der Waals surface area contributed by atoms with Crippen LogP contribution in [0.2, 0.25) is 0 Å². The molecule has 0 N–H and O–H groups in total. The minimum Gasteiger partial charge on any atom is -0.454 e. The fourth-order valence-corrected chi connectivity index (χ4v) is 10.9. The maximum Gasteiger partial charge on any atom is 0.159 e. The van der Waals surface area contributed by atoms with Gasteiger partial charge in [0.25, 0.3) is 0 Å². The van der Waals surface area contributed by atoms with Gasteiger partial charge in [0, 0.05) is 43.7 Å². The van der Waals surface area contributed by atoms with E-state index in [9.17, 15) is 0 Å².